The maximum Gasteiger partial charge on any atom is 0.306 e. The van der Waals surface area contributed by atoms with Gasteiger partial charge >= 0.3 is 11.9 Å². The molecule has 0 spiro atoms. The third-order valence-electron chi connectivity index (χ3n) is 17.9. The number of unbranched alkanes of at least 4 members (excludes halogenated alkanes) is 47. The summed E-state index contributed by atoms with van der Waals surface area (Å²) in [5.41, 5.74) is 0. The molecule has 0 aliphatic heterocycles. The Morgan fingerprint density at radius 3 is 0.915 bits per heavy atom. The molecule has 9 nitrogen and oxygen atoms in total. The van der Waals surface area contributed by atoms with E-state index in [4.69, 9.17) is 18.5 Å². The quantitative estimate of drug-likeness (QED) is 0.0195. The van der Waals surface area contributed by atoms with Crippen molar-refractivity contribution in [1.82, 2.24) is 0 Å². The van der Waals surface area contributed by atoms with Gasteiger partial charge in [-0.05, 0) is 89.9 Å². The summed E-state index contributed by atoms with van der Waals surface area (Å²) in [6.07, 6.45) is 103. The Kier molecular flexibility index (Phi) is 72.2. The van der Waals surface area contributed by atoms with Gasteiger partial charge in [-0.1, -0.05) is 369 Å². The van der Waals surface area contributed by atoms with Crippen LogP contribution < -0.4 is 4.89 Å². The molecule has 0 aromatic rings. The van der Waals surface area contributed by atoms with E-state index in [1.54, 1.807) is 0 Å². The number of nitrogens with zero attached hydrogens (tertiary/aromatic N) is 1. The van der Waals surface area contributed by atoms with E-state index in [1.165, 1.54) is 283 Å². The zero-order valence-corrected chi connectivity index (χ0v) is 63.6. The van der Waals surface area contributed by atoms with Gasteiger partial charge in [-0.15, -0.1) is 0 Å². The molecule has 0 radical (unpaired) electrons. The third kappa shape index (κ3) is 78.2. The first-order valence-electron chi connectivity index (χ1n) is 40.3. The Morgan fingerprint density at radius 2 is 0.606 bits per heavy atom. The molecule has 0 aromatic carbocycles. The van der Waals surface area contributed by atoms with Gasteiger partial charge in [-0.25, -0.2) is 0 Å². The topological polar surface area (TPSA) is 111 Å². The van der Waals surface area contributed by atoms with E-state index in [1.807, 2.05) is 21.1 Å². The van der Waals surface area contributed by atoms with E-state index in [-0.39, 0.29) is 32.0 Å². The summed E-state index contributed by atoms with van der Waals surface area (Å²) in [5, 5.41) is 0. The molecule has 0 saturated heterocycles. The summed E-state index contributed by atoms with van der Waals surface area (Å²) in [5.74, 6) is -0.813. The van der Waals surface area contributed by atoms with Crippen molar-refractivity contribution in [3.05, 3.63) is 85.1 Å². The fourth-order valence-electron chi connectivity index (χ4n) is 11.8. The molecule has 0 aliphatic carbocycles. The second kappa shape index (κ2) is 74.4. The number of ether oxygens (including phenoxy) is 2. The molecule has 0 amide bonds. The van der Waals surface area contributed by atoms with Crippen LogP contribution in [-0.4, -0.2) is 70.0 Å². The number of rotatable bonds is 75. The van der Waals surface area contributed by atoms with Crippen molar-refractivity contribution < 1.29 is 42.1 Å². The van der Waals surface area contributed by atoms with Crippen LogP contribution in [0.1, 0.15) is 386 Å². The Hall–Kier alpha value is -2.81. The summed E-state index contributed by atoms with van der Waals surface area (Å²) in [7, 11) is 1.18. The van der Waals surface area contributed by atoms with Crippen molar-refractivity contribution in [2.75, 3.05) is 47.5 Å². The van der Waals surface area contributed by atoms with E-state index in [2.05, 4.69) is 98.9 Å². The highest BCUT2D eigenvalue weighted by Crippen LogP contribution is 2.38. The number of phosphoric ester groups is 1. The van der Waals surface area contributed by atoms with Crippen molar-refractivity contribution in [3.8, 4) is 0 Å². The number of allylic oxidation sites excluding steroid dienone is 14. The lowest BCUT2D eigenvalue weighted by atomic mass is 10.0. The molecule has 0 aliphatic rings. The SMILES string of the molecule is CC/C=C\C/C=C\C/C=C\C/C=C\C/C=C\C/C=C\CCCCCCCCCCCCCCCCCCCCCCCCC(=O)OC(COC(=O)CCCCCCCCCCCCCCCCCCC/C=C\CCCCCCCCCC)COP(=O)([O-])OCC[N+](C)(C)C. The maximum atomic E-state index is 12.9. The molecule has 548 valence electrons. The Balaban J connectivity index is 3.91. The van der Waals surface area contributed by atoms with Gasteiger partial charge in [-0.3, -0.25) is 14.2 Å². The lowest BCUT2D eigenvalue weighted by molar-refractivity contribution is -0.870. The minimum atomic E-state index is -4.65. The van der Waals surface area contributed by atoms with Gasteiger partial charge < -0.3 is 27.9 Å². The number of esters is 2. The summed E-state index contributed by atoms with van der Waals surface area (Å²) in [4.78, 5) is 38.2. The number of quaternary nitrogens is 1. The predicted octanol–water partition coefficient (Wildman–Crippen LogP) is 26.2. The van der Waals surface area contributed by atoms with Crippen LogP contribution in [0, 0.1) is 0 Å². The van der Waals surface area contributed by atoms with Crippen LogP contribution >= 0.6 is 7.82 Å². The molecule has 0 saturated carbocycles. The second-order valence-corrected chi connectivity index (χ2v) is 29.8. The molecule has 94 heavy (non-hydrogen) atoms. The van der Waals surface area contributed by atoms with Gasteiger partial charge in [0.05, 0.1) is 27.7 Å². The first-order valence-corrected chi connectivity index (χ1v) is 41.8. The monoisotopic (exact) mass is 1340 g/mol. The highest BCUT2D eigenvalue weighted by atomic mass is 31.2. The first kappa shape index (κ1) is 91.2. The lowest BCUT2D eigenvalue weighted by Crippen LogP contribution is -2.37. The number of hydrogen-bond donors (Lipinski definition) is 0. The third-order valence-corrected chi connectivity index (χ3v) is 18.9. The Bertz CT molecular complexity index is 1860. The molecule has 0 bridgehead atoms. The number of phosphoric acid groups is 1. The van der Waals surface area contributed by atoms with Crippen LogP contribution in [0.15, 0.2) is 85.1 Å². The predicted molar refractivity (Wildman–Crippen MR) is 406 cm³/mol. The average molecular weight is 1340 g/mol. The lowest BCUT2D eigenvalue weighted by Gasteiger charge is -2.28. The molecular formula is C84H154NO8P. The van der Waals surface area contributed by atoms with Crippen molar-refractivity contribution in [3.63, 3.8) is 0 Å². The molecule has 0 fully saturated rings. The van der Waals surface area contributed by atoms with Crippen molar-refractivity contribution >= 4 is 19.8 Å². The fraction of sp³-hybridized carbons (Fsp3) is 0.810. The smallest absolute Gasteiger partial charge is 0.306 e. The van der Waals surface area contributed by atoms with E-state index < -0.39 is 26.5 Å². The van der Waals surface area contributed by atoms with Crippen molar-refractivity contribution in [2.24, 2.45) is 0 Å². The molecule has 0 rings (SSSR count). The zero-order chi connectivity index (χ0) is 68.3. The molecule has 2 unspecified atom stereocenters. The van der Waals surface area contributed by atoms with Gasteiger partial charge in [0.1, 0.15) is 19.8 Å². The fourth-order valence-corrected chi connectivity index (χ4v) is 12.5. The van der Waals surface area contributed by atoms with Crippen molar-refractivity contribution in [2.45, 2.75) is 392 Å². The number of likely N-dealkylation sites (N-methyl/N-ethyl adjacent to an activating group) is 1. The molecule has 0 N–H and O–H groups in total. The van der Waals surface area contributed by atoms with Gasteiger partial charge in [0.25, 0.3) is 7.82 Å². The summed E-state index contributed by atoms with van der Waals surface area (Å²) >= 11 is 0. The first-order chi connectivity index (χ1) is 46.0. The highest BCUT2D eigenvalue weighted by Gasteiger charge is 2.22. The number of carbonyl (C=O) groups is 2. The van der Waals surface area contributed by atoms with Crippen molar-refractivity contribution in [1.29, 1.82) is 0 Å². The Morgan fingerprint density at radius 1 is 0.340 bits per heavy atom. The zero-order valence-electron chi connectivity index (χ0n) is 62.7. The van der Waals surface area contributed by atoms with Gasteiger partial charge in [0.15, 0.2) is 6.10 Å². The van der Waals surface area contributed by atoms with Gasteiger partial charge in [-0.2, -0.15) is 0 Å². The second-order valence-electron chi connectivity index (χ2n) is 28.4. The molecule has 0 aromatic heterocycles. The highest BCUT2D eigenvalue weighted by molar-refractivity contribution is 7.45. The Labute approximate surface area is 583 Å². The van der Waals surface area contributed by atoms with Crippen LogP contribution in [0.25, 0.3) is 0 Å². The molecule has 0 heterocycles. The molecule has 10 heteroatoms. The minimum absolute atomic E-state index is 0.0295. The van der Waals surface area contributed by atoms with Crippen LogP contribution in [0.4, 0.5) is 0 Å². The summed E-state index contributed by atoms with van der Waals surface area (Å²) < 4.78 is 34.4. The normalized spacial score (nSPS) is 13.5. The largest absolute Gasteiger partial charge is 0.756 e. The standard InChI is InChI=1S/C84H154NO8P/c1-6-8-10-12-14-16-18-20-22-24-26-28-30-32-34-36-37-38-39-40-41-42-43-44-45-46-47-49-51-53-55-57-59-61-63-65-67-69-71-73-75-77-84(87)93-82(81-92-94(88,89)91-79-78-85(3,4)5)80-90-83(86)76-74-72-70-68-66-64-62-60-58-56-54-52-50-48-35-33-31-29-27-25-23-21-19-17-15-13-11-9-7-2/h8,10,14,16,20,22,25-28,32,34,37-38,82H,6-7,9,11-13,15,17-19,21,23-24,29-31,33,35-36,39-81H2,1-5H3/b10-8-,16-14-,22-20-,27-25-,28-26-,34-32-,38-37-. The number of carbonyl (C=O) groups excluding carboxylic acids is 2. The molecular weight excluding hydrogens is 1180 g/mol. The van der Waals surface area contributed by atoms with Crippen LogP contribution in [0.5, 0.6) is 0 Å². The maximum absolute atomic E-state index is 12.9. The average Bonchev–Trinajstić information content (AvgIpc) is 1.57. The summed E-state index contributed by atoms with van der Waals surface area (Å²) in [6.45, 7) is 4.19. The van der Waals surface area contributed by atoms with E-state index >= 15 is 0 Å². The summed E-state index contributed by atoms with van der Waals surface area (Å²) in [6, 6.07) is 0. The molecule has 2 atom stereocenters. The minimum Gasteiger partial charge on any atom is -0.756 e. The van der Waals surface area contributed by atoms with Gasteiger partial charge in [0, 0.05) is 12.8 Å². The van der Waals surface area contributed by atoms with Crippen LogP contribution in [0.2, 0.25) is 0 Å². The number of hydrogen-bond acceptors (Lipinski definition) is 8. The van der Waals surface area contributed by atoms with Crippen LogP contribution in [0.3, 0.4) is 0 Å². The van der Waals surface area contributed by atoms with Gasteiger partial charge in [0.2, 0.25) is 0 Å². The van der Waals surface area contributed by atoms with E-state index in [0.717, 1.165) is 70.6 Å². The van der Waals surface area contributed by atoms with E-state index in [0.29, 0.717) is 17.4 Å². The van der Waals surface area contributed by atoms with E-state index in [9.17, 15) is 19.0 Å². The van der Waals surface area contributed by atoms with Crippen LogP contribution in [-0.2, 0) is 32.7 Å².